The second-order valence-electron chi connectivity index (χ2n) is 7.03. The Hall–Kier alpha value is -2.89. The second kappa shape index (κ2) is 8.00. The SMILES string of the molecule is Cc1ccc(N=P(c2ccccc2)(c2ccccc2)c2ccccc2)c(C)c1. The molecular weight excluding hydrogens is 357 g/mol. The molecule has 2 heteroatoms. The van der Waals surface area contributed by atoms with Crippen molar-refractivity contribution < 1.29 is 0 Å². The maximum absolute atomic E-state index is 5.55. The van der Waals surface area contributed by atoms with Crippen molar-refractivity contribution in [2.24, 2.45) is 4.74 Å². The van der Waals surface area contributed by atoms with E-state index < -0.39 is 7.05 Å². The van der Waals surface area contributed by atoms with Crippen LogP contribution in [0.1, 0.15) is 11.1 Å². The summed E-state index contributed by atoms with van der Waals surface area (Å²) in [6.45, 7) is 4.28. The molecule has 0 atom stereocenters. The summed E-state index contributed by atoms with van der Waals surface area (Å²) >= 11 is 0. The fraction of sp³-hybridized carbons (Fsp3) is 0.0769. The van der Waals surface area contributed by atoms with E-state index in [0.717, 1.165) is 5.69 Å². The molecule has 0 saturated heterocycles. The Balaban J connectivity index is 2.14. The molecule has 4 aromatic rings. The van der Waals surface area contributed by atoms with Gasteiger partial charge in [0.25, 0.3) is 0 Å². The summed E-state index contributed by atoms with van der Waals surface area (Å²) in [6.07, 6.45) is 0. The monoisotopic (exact) mass is 381 g/mol. The van der Waals surface area contributed by atoms with E-state index in [0.29, 0.717) is 0 Å². The van der Waals surface area contributed by atoms with Gasteiger partial charge in [-0.1, -0.05) is 109 Å². The Bertz CT molecular complexity index is 1010. The number of benzene rings is 4. The topological polar surface area (TPSA) is 12.4 Å². The molecule has 28 heavy (non-hydrogen) atoms. The van der Waals surface area contributed by atoms with Crippen LogP contribution in [0.4, 0.5) is 5.69 Å². The normalized spacial score (nSPS) is 11.2. The maximum atomic E-state index is 5.55. The lowest BCUT2D eigenvalue weighted by molar-refractivity contribution is 1.35. The van der Waals surface area contributed by atoms with Gasteiger partial charge in [0.15, 0.2) is 0 Å². The van der Waals surface area contributed by atoms with Gasteiger partial charge in [-0.15, -0.1) is 0 Å². The van der Waals surface area contributed by atoms with Crippen molar-refractivity contribution in [1.82, 2.24) is 0 Å². The van der Waals surface area contributed by atoms with Gasteiger partial charge in [-0.25, -0.2) is 0 Å². The molecule has 0 bridgehead atoms. The Morgan fingerprint density at radius 2 is 0.964 bits per heavy atom. The summed E-state index contributed by atoms with van der Waals surface area (Å²) in [5, 5.41) is 3.81. The van der Waals surface area contributed by atoms with Gasteiger partial charge in [-0.05, 0) is 25.5 Å². The van der Waals surface area contributed by atoms with Crippen molar-refractivity contribution in [3.05, 3.63) is 120 Å². The minimum atomic E-state index is -2.19. The van der Waals surface area contributed by atoms with E-state index in [9.17, 15) is 0 Å². The van der Waals surface area contributed by atoms with Gasteiger partial charge in [-0.2, -0.15) is 0 Å². The van der Waals surface area contributed by atoms with Crippen LogP contribution in [0, 0.1) is 13.8 Å². The van der Waals surface area contributed by atoms with Crippen LogP contribution in [-0.4, -0.2) is 0 Å². The van der Waals surface area contributed by atoms with E-state index in [4.69, 9.17) is 4.74 Å². The highest BCUT2D eigenvalue weighted by molar-refractivity contribution is 7.87. The van der Waals surface area contributed by atoms with Crippen molar-refractivity contribution >= 4 is 28.7 Å². The van der Waals surface area contributed by atoms with Crippen molar-refractivity contribution in [3.8, 4) is 0 Å². The zero-order valence-corrected chi connectivity index (χ0v) is 17.2. The van der Waals surface area contributed by atoms with Crippen LogP contribution in [0.25, 0.3) is 0 Å². The summed E-state index contributed by atoms with van der Waals surface area (Å²) < 4.78 is 5.55. The molecule has 0 radical (unpaired) electrons. The summed E-state index contributed by atoms with van der Waals surface area (Å²) in [5.41, 5.74) is 3.54. The van der Waals surface area contributed by atoms with Gasteiger partial charge < -0.3 is 0 Å². The average molecular weight is 381 g/mol. The lowest BCUT2D eigenvalue weighted by Gasteiger charge is -2.27. The van der Waals surface area contributed by atoms with Gasteiger partial charge >= 0.3 is 0 Å². The standard InChI is InChI=1S/C26H24NP/c1-21-18-19-26(22(2)20-21)27-28(23-12-6-3-7-13-23,24-14-8-4-9-15-24)25-16-10-5-11-17-25/h3-20H,1-2H3. The van der Waals surface area contributed by atoms with E-state index in [1.807, 2.05) is 0 Å². The highest BCUT2D eigenvalue weighted by Crippen LogP contribution is 2.49. The summed E-state index contributed by atoms with van der Waals surface area (Å²) in [6, 6.07) is 38.8. The smallest absolute Gasteiger partial charge is 0.0654 e. The number of aryl methyl sites for hydroxylation is 2. The van der Waals surface area contributed by atoms with Gasteiger partial charge in [0.1, 0.15) is 0 Å². The molecular formula is C26H24NP. The fourth-order valence-electron chi connectivity index (χ4n) is 3.63. The molecule has 0 fully saturated rings. The van der Waals surface area contributed by atoms with Gasteiger partial charge in [0, 0.05) is 15.9 Å². The highest BCUT2D eigenvalue weighted by atomic mass is 31.2. The van der Waals surface area contributed by atoms with Crippen LogP contribution >= 0.6 is 7.05 Å². The molecule has 138 valence electrons. The molecule has 4 rings (SSSR count). The molecule has 0 saturated carbocycles. The number of hydrogen-bond donors (Lipinski definition) is 0. The number of nitrogens with zero attached hydrogens (tertiary/aromatic N) is 1. The van der Waals surface area contributed by atoms with Crippen LogP contribution in [0.3, 0.4) is 0 Å². The van der Waals surface area contributed by atoms with Crippen molar-refractivity contribution in [2.45, 2.75) is 13.8 Å². The Kier molecular flexibility index (Phi) is 5.28. The highest BCUT2D eigenvalue weighted by Gasteiger charge is 2.27. The predicted octanol–water partition coefficient (Wildman–Crippen LogP) is 6.11. The molecule has 0 spiro atoms. The molecule has 0 amide bonds. The third-order valence-electron chi connectivity index (χ3n) is 5.00. The molecule has 0 N–H and O–H groups in total. The maximum Gasteiger partial charge on any atom is 0.0654 e. The Labute approximate surface area is 167 Å². The van der Waals surface area contributed by atoms with E-state index >= 15 is 0 Å². The summed E-state index contributed by atoms with van der Waals surface area (Å²) in [5.74, 6) is 0. The number of hydrogen-bond acceptors (Lipinski definition) is 1. The second-order valence-corrected chi connectivity index (χ2v) is 10.1. The molecule has 0 aliphatic heterocycles. The molecule has 0 unspecified atom stereocenters. The Morgan fingerprint density at radius 3 is 1.36 bits per heavy atom. The molecule has 0 aliphatic carbocycles. The van der Waals surface area contributed by atoms with Crippen LogP contribution in [0.15, 0.2) is 114 Å². The van der Waals surface area contributed by atoms with Crippen molar-refractivity contribution in [1.29, 1.82) is 0 Å². The van der Waals surface area contributed by atoms with Crippen LogP contribution < -0.4 is 15.9 Å². The minimum Gasteiger partial charge on any atom is -0.254 e. The minimum absolute atomic E-state index is 1.07. The fourth-order valence-corrected chi connectivity index (χ4v) is 7.23. The van der Waals surface area contributed by atoms with Crippen molar-refractivity contribution in [3.63, 3.8) is 0 Å². The third kappa shape index (κ3) is 3.46. The quantitative estimate of drug-likeness (QED) is 0.378. The first kappa shape index (κ1) is 18.5. The lowest BCUT2D eigenvalue weighted by Crippen LogP contribution is -2.25. The average Bonchev–Trinajstić information content (AvgIpc) is 2.75. The zero-order valence-electron chi connectivity index (χ0n) is 16.3. The summed E-state index contributed by atoms with van der Waals surface area (Å²) in [7, 11) is -2.19. The van der Waals surface area contributed by atoms with Gasteiger partial charge in [0.05, 0.1) is 12.7 Å². The summed E-state index contributed by atoms with van der Waals surface area (Å²) in [4.78, 5) is 0. The Morgan fingerprint density at radius 1 is 0.536 bits per heavy atom. The first-order chi connectivity index (χ1) is 13.7. The lowest BCUT2D eigenvalue weighted by atomic mass is 10.1. The van der Waals surface area contributed by atoms with E-state index in [1.165, 1.54) is 27.0 Å². The van der Waals surface area contributed by atoms with E-state index in [2.05, 4.69) is 123 Å². The molecule has 1 nitrogen and oxygen atoms in total. The molecule has 0 aliphatic rings. The van der Waals surface area contributed by atoms with Crippen molar-refractivity contribution in [2.75, 3.05) is 0 Å². The molecule has 0 aromatic heterocycles. The first-order valence-electron chi connectivity index (χ1n) is 9.56. The largest absolute Gasteiger partial charge is 0.254 e. The zero-order chi connectivity index (χ0) is 19.4. The van der Waals surface area contributed by atoms with Gasteiger partial charge in [-0.3, -0.25) is 4.74 Å². The van der Waals surface area contributed by atoms with Crippen LogP contribution in [-0.2, 0) is 0 Å². The third-order valence-corrected chi connectivity index (χ3v) is 8.65. The first-order valence-corrected chi connectivity index (χ1v) is 11.3. The van der Waals surface area contributed by atoms with Crippen LogP contribution in [0.2, 0.25) is 0 Å². The van der Waals surface area contributed by atoms with E-state index in [1.54, 1.807) is 0 Å². The van der Waals surface area contributed by atoms with Gasteiger partial charge in [0.2, 0.25) is 0 Å². The van der Waals surface area contributed by atoms with Crippen LogP contribution in [0.5, 0.6) is 0 Å². The predicted molar refractivity (Wildman–Crippen MR) is 123 cm³/mol. The molecule has 0 heterocycles. The van der Waals surface area contributed by atoms with E-state index in [-0.39, 0.29) is 0 Å². The number of rotatable bonds is 4. The molecule has 4 aromatic carbocycles.